The molecule has 0 bridgehead atoms. The van der Waals surface area contributed by atoms with Crippen LogP contribution in [0.1, 0.15) is 31.7 Å². The third-order valence-corrected chi connectivity index (χ3v) is 4.76. The lowest BCUT2D eigenvalue weighted by atomic mass is 10.1. The number of aromatic nitrogens is 4. The summed E-state index contributed by atoms with van der Waals surface area (Å²) in [5.74, 6) is 2.15. The van der Waals surface area contributed by atoms with E-state index >= 15 is 0 Å². The molecule has 2 fully saturated rings. The lowest BCUT2D eigenvalue weighted by molar-refractivity contribution is 0.366. The number of hydrogen-bond donors (Lipinski definition) is 0. The zero-order valence-electron chi connectivity index (χ0n) is 12.8. The van der Waals surface area contributed by atoms with Gasteiger partial charge in [-0.2, -0.15) is 5.10 Å². The summed E-state index contributed by atoms with van der Waals surface area (Å²) < 4.78 is 2.09. The molecule has 2 aliphatic rings. The average molecular weight is 298 g/mol. The Morgan fingerprint density at radius 1 is 0.909 bits per heavy atom. The first-order valence-corrected chi connectivity index (χ1v) is 8.21. The maximum atomic E-state index is 4.49. The second kappa shape index (κ2) is 5.94. The molecule has 0 saturated carbocycles. The second-order valence-electron chi connectivity index (χ2n) is 6.13. The van der Waals surface area contributed by atoms with Gasteiger partial charge in [-0.15, -0.1) is 0 Å². The van der Waals surface area contributed by atoms with Crippen LogP contribution in [0.2, 0.25) is 0 Å². The van der Waals surface area contributed by atoms with E-state index in [0.29, 0.717) is 6.04 Å². The fraction of sp³-hybridized carbons (Fsp3) is 0.562. The van der Waals surface area contributed by atoms with Crippen molar-refractivity contribution in [2.45, 2.75) is 31.7 Å². The monoisotopic (exact) mass is 298 g/mol. The summed E-state index contributed by atoms with van der Waals surface area (Å²) in [5, 5.41) is 4.37. The van der Waals surface area contributed by atoms with Gasteiger partial charge in [-0.3, -0.25) is 4.68 Å². The molecule has 0 amide bonds. The Kier molecular flexibility index (Phi) is 3.66. The fourth-order valence-corrected chi connectivity index (χ4v) is 3.49. The predicted octanol–water partition coefficient (Wildman–Crippen LogP) is 2.11. The van der Waals surface area contributed by atoms with Crippen LogP contribution in [0.4, 0.5) is 11.6 Å². The molecular weight excluding hydrogens is 276 g/mol. The van der Waals surface area contributed by atoms with Crippen molar-refractivity contribution in [3.05, 3.63) is 30.9 Å². The van der Waals surface area contributed by atoms with Crippen molar-refractivity contribution in [3.8, 4) is 0 Å². The molecule has 116 valence electrons. The molecule has 0 atom stereocenters. The average Bonchev–Trinajstić information content (AvgIpc) is 3.29. The smallest absolute Gasteiger partial charge is 0.134 e. The lowest BCUT2D eigenvalue weighted by Crippen LogP contribution is -2.35. The largest absolute Gasteiger partial charge is 0.356 e. The van der Waals surface area contributed by atoms with Crippen molar-refractivity contribution in [2.24, 2.45) is 0 Å². The van der Waals surface area contributed by atoms with E-state index in [4.69, 9.17) is 0 Å². The third-order valence-electron chi connectivity index (χ3n) is 4.76. The molecule has 2 aliphatic heterocycles. The van der Waals surface area contributed by atoms with E-state index < -0.39 is 0 Å². The maximum Gasteiger partial charge on any atom is 0.134 e. The van der Waals surface area contributed by atoms with Gasteiger partial charge in [0.25, 0.3) is 0 Å². The Hall–Kier alpha value is -2.11. The quantitative estimate of drug-likeness (QED) is 0.868. The Morgan fingerprint density at radius 2 is 1.59 bits per heavy atom. The molecule has 2 aromatic heterocycles. The molecule has 22 heavy (non-hydrogen) atoms. The summed E-state index contributed by atoms with van der Waals surface area (Å²) in [4.78, 5) is 13.7. The summed E-state index contributed by atoms with van der Waals surface area (Å²) in [6.07, 6.45) is 10.4. The summed E-state index contributed by atoms with van der Waals surface area (Å²) >= 11 is 0. The highest BCUT2D eigenvalue weighted by atomic mass is 15.3. The Balaban J connectivity index is 1.43. The van der Waals surface area contributed by atoms with Crippen LogP contribution in [0, 0.1) is 0 Å². The third kappa shape index (κ3) is 2.65. The number of piperidine rings is 1. The Bertz CT molecular complexity index is 597. The molecule has 0 aromatic carbocycles. The van der Waals surface area contributed by atoms with Gasteiger partial charge in [0.1, 0.15) is 18.0 Å². The second-order valence-corrected chi connectivity index (χ2v) is 6.13. The minimum Gasteiger partial charge on any atom is -0.356 e. The SMILES string of the molecule is c1cnn(C2CCN(c3cc(N4CCCC4)ncn3)CC2)c1. The zero-order valence-corrected chi connectivity index (χ0v) is 12.8. The van der Waals surface area contributed by atoms with Crippen LogP contribution < -0.4 is 9.80 Å². The molecule has 4 rings (SSSR count). The molecule has 2 saturated heterocycles. The minimum atomic E-state index is 0.520. The maximum absolute atomic E-state index is 4.49. The molecule has 0 radical (unpaired) electrons. The fourth-order valence-electron chi connectivity index (χ4n) is 3.49. The van der Waals surface area contributed by atoms with Gasteiger partial charge in [-0.1, -0.05) is 0 Å². The van der Waals surface area contributed by atoms with E-state index in [0.717, 1.165) is 50.7 Å². The molecular formula is C16H22N6. The van der Waals surface area contributed by atoms with Crippen molar-refractivity contribution in [3.63, 3.8) is 0 Å². The summed E-state index contributed by atoms with van der Waals surface area (Å²) in [6, 6.07) is 4.67. The molecule has 0 spiro atoms. The minimum absolute atomic E-state index is 0.520. The summed E-state index contributed by atoms with van der Waals surface area (Å²) in [6.45, 7) is 4.30. The molecule has 0 unspecified atom stereocenters. The van der Waals surface area contributed by atoms with Gasteiger partial charge in [0.15, 0.2) is 0 Å². The van der Waals surface area contributed by atoms with Crippen molar-refractivity contribution in [1.29, 1.82) is 0 Å². The van der Waals surface area contributed by atoms with Crippen LogP contribution in [0.3, 0.4) is 0 Å². The van der Waals surface area contributed by atoms with Crippen molar-refractivity contribution in [1.82, 2.24) is 19.7 Å². The van der Waals surface area contributed by atoms with E-state index in [-0.39, 0.29) is 0 Å². The van der Waals surface area contributed by atoms with E-state index in [2.05, 4.69) is 41.8 Å². The lowest BCUT2D eigenvalue weighted by Gasteiger charge is -2.33. The normalized spacial score (nSPS) is 19.8. The summed E-state index contributed by atoms with van der Waals surface area (Å²) in [5.41, 5.74) is 0. The van der Waals surface area contributed by atoms with Gasteiger partial charge >= 0.3 is 0 Å². The van der Waals surface area contributed by atoms with Crippen molar-refractivity contribution < 1.29 is 0 Å². The van der Waals surface area contributed by atoms with Gasteiger partial charge in [-0.05, 0) is 31.7 Å². The van der Waals surface area contributed by atoms with Crippen LogP contribution in [0.15, 0.2) is 30.9 Å². The van der Waals surface area contributed by atoms with Crippen LogP contribution in [-0.4, -0.2) is 45.9 Å². The van der Waals surface area contributed by atoms with Gasteiger partial charge in [0, 0.05) is 44.6 Å². The van der Waals surface area contributed by atoms with Gasteiger partial charge in [0.05, 0.1) is 6.04 Å². The predicted molar refractivity (Wildman–Crippen MR) is 86.2 cm³/mol. The number of nitrogens with zero attached hydrogens (tertiary/aromatic N) is 6. The first-order chi connectivity index (χ1) is 10.9. The highest BCUT2D eigenvalue weighted by molar-refractivity contribution is 5.50. The van der Waals surface area contributed by atoms with Gasteiger partial charge in [-0.25, -0.2) is 9.97 Å². The van der Waals surface area contributed by atoms with Gasteiger partial charge < -0.3 is 9.80 Å². The molecule has 6 nitrogen and oxygen atoms in total. The Morgan fingerprint density at radius 3 is 2.23 bits per heavy atom. The van der Waals surface area contributed by atoms with Crippen LogP contribution in [0.25, 0.3) is 0 Å². The molecule has 0 N–H and O–H groups in total. The highest BCUT2D eigenvalue weighted by Gasteiger charge is 2.22. The molecule has 4 heterocycles. The summed E-state index contributed by atoms with van der Waals surface area (Å²) in [7, 11) is 0. The molecule has 6 heteroatoms. The van der Waals surface area contributed by atoms with E-state index in [1.54, 1.807) is 6.33 Å². The van der Waals surface area contributed by atoms with Gasteiger partial charge in [0.2, 0.25) is 0 Å². The molecule has 2 aromatic rings. The van der Waals surface area contributed by atoms with E-state index in [1.807, 2.05) is 12.3 Å². The van der Waals surface area contributed by atoms with Crippen molar-refractivity contribution in [2.75, 3.05) is 36.0 Å². The first kappa shape index (κ1) is 13.5. The van der Waals surface area contributed by atoms with E-state index in [1.165, 1.54) is 12.8 Å². The highest BCUT2D eigenvalue weighted by Crippen LogP contribution is 2.27. The van der Waals surface area contributed by atoms with E-state index in [9.17, 15) is 0 Å². The molecule has 0 aliphatic carbocycles. The number of hydrogen-bond acceptors (Lipinski definition) is 5. The number of anilines is 2. The standard InChI is InChI=1S/C16H22N6/c1-2-8-20(7-1)15-12-16(18-13-17-15)21-10-4-14(5-11-21)22-9-3-6-19-22/h3,6,9,12-14H,1-2,4-5,7-8,10-11H2. The Labute approximate surface area is 130 Å². The topological polar surface area (TPSA) is 50.1 Å². The van der Waals surface area contributed by atoms with Crippen LogP contribution >= 0.6 is 0 Å². The zero-order chi connectivity index (χ0) is 14.8. The van der Waals surface area contributed by atoms with Crippen molar-refractivity contribution >= 4 is 11.6 Å². The first-order valence-electron chi connectivity index (χ1n) is 8.21. The number of rotatable bonds is 3. The van der Waals surface area contributed by atoms with Crippen LogP contribution in [-0.2, 0) is 0 Å². The van der Waals surface area contributed by atoms with Crippen LogP contribution in [0.5, 0.6) is 0 Å².